The number of rotatable bonds is 2. The van der Waals surface area contributed by atoms with Crippen LogP contribution in [0.3, 0.4) is 0 Å². The van der Waals surface area contributed by atoms with E-state index in [0.717, 1.165) is 0 Å². The number of carbonyl (C=O) groups excluding carboxylic acids is 2. The number of methoxy groups -OCH3 is 1. The molecule has 1 aliphatic rings. The minimum atomic E-state index is -0.285. The topological polar surface area (TPSA) is 92.3 Å². The smallest absolute Gasteiger partial charge is 0.270 e. The number of hydrazine groups is 1. The van der Waals surface area contributed by atoms with Gasteiger partial charge in [0.05, 0.1) is 23.9 Å². The summed E-state index contributed by atoms with van der Waals surface area (Å²) in [6, 6.07) is 3.33. The van der Waals surface area contributed by atoms with Gasteiger partial charge in [-0.3, -0.25) is 25.4 Å². The Morgan fingerprint density at radius 2 is 2.15 bits per heavy atom. The maximum Gasteiger partial charge on any atom is 0.270 e. The van der Waals surface area contributed by atoms with Gasteiger partial charge in [-0.05, 0) is 12.1 Å². The molecule has 0 spiro atoms. The number of nitrogens with one attached hydrogen (secondary N) is 3. The van der Waals surface area contributed by atoms with E-state index in [0.29, 0.717) is 33.5 Å². The molecule has 1 aromatic carbocycles. The molecule has 0 saturated heterocycles. The van der Waals surface area contributed by atoms with Gasteiger partial charge < -0.3 is 10.1 Å². The summed E-state index contributed by atoms with van der Waals surface area (Å²) in [5.41, 5.74) is 7.13. The minimum Gasteiger partial charge on any atom is -0.494 e. The van der Waals surface area contributed by atoms with Crippen LogP contribution in [0.25, 0.3) is 10.9 Å². The molecular formula is C13H12N4O3. The highest BCUT2D eigenvalue weighted by Crippen LogP contribution is 2.35. The lowest BCUT2D eigenvalue weighted by molar-refractivity contribution is 0.0948. The van der Waals surface area contributed by atoms with Gasteiger partial charge in [0.1, 0.15) is 11.3 Å². The Labute approximate surface area is 114 Å². The first kappa shape index (κ1) is 12.2. The van der Waals surface area contributed by atoms with Crippen LogP contribution in [0, 0.1) is 0 Å². The van der Waals surface area contributed by atoms with Crippen molar-refractivity contribution in [2.24, 2.45) is 0 Å². The van der Waals surface area contributed by atoms with Crippen molar-refractivity contribution in [2.75, 3.05) is 19.6 Å². The first-order valence-electron chi connectivity index (χ1n) is 5.95. The van der Waals surface area contributed by atoms with E-state index in [-0.39, 0.29) is 11.8 Å². The molecule has 3 N–H and O–H groups in total. The molecule has 0 radical (unpaired) electrons. The molecule has 0 unspecified atom stereocenters. The summed E-state index contributed by atoms with van der Waals surface area (Å²) < 4.78 is 5.25. The number of carbonyl (C=O) groups is 2. The van der Waals surface area contributed by atoms with Crippen molar-refractivity contribution in [3.8, 4) is 5.75 Å². The summed E-state index contributed by atoms with van der Waals surface area (Å²) in [5.74, 6) is -0.0159. The van der Waals surface area contributed by atoms with Crippen LogP contribution in [0.1, 0.15) is 20.7 Å². The lowest BCUT2D eigenvalue weighted by atomic mass is 10.0. The van der Waals surface area contributed by atoms with Gasteiger partial charge in [0.2, 0.25) is 0 Å². The molecule has 0 aliphatic carbocycles. The second-order valence-corrected chi connectivity index (χ2v) is 4.24. The van der Waals surface area contributed by atoms with Crippen LogP contribution in [-0.4, -0.2) is 31.0 Å². The first-order valence-corrected chi connectivity index (χ1v) is 5.95. The van der Waals surface area contributed by atoms with Gasteiger partial charge in [0.15, 0.2) is 0 Å². The molecule has 1 aliphatic heterocycles. The number of aromatic nitrogens is 1. The Morgan fingerprint density at radius 1 is 1.35 bits per heavy atom. The van der Waals surface area contributed by atoms with E-state index >= 15 is 0 Å². The van der Waals surface area contributed by atoms with Gasteiger partial charge in [-0.2, -0.15) is 0 Å². The van der Waals surface area contributed by atoms with Crippen molar-refractivity contribution in [3.63, 3.8) is 0 Å². The molecule has 2 heterocycles. The molecular weight excluding hydrogens is 260 g/mol. The van der Waals surface area contributed by atoms with Crippen LogP contribution >= 0.6 is 0 Å². The average molecular weight is 272 g/mol. The predicted octanol–water partition coefficient (Wildman–Crippen LogP) is 0.673. The summed E-state index contributed by atoms with van der Waals surface area (Å²) in [7, 11) is 3.06. The lowest BCUT2D eigenvalue weighted by Crippen LogP contribution is -2.35. The largest absolute Gasteiger partial charge is 0.494 e. The number of ether oxygens (including phenoxy) is 1. The van der Waals surface area contributed by atoms with Gasteiger partial charge in [0, 0.05) is 18.6 Å². The second kappa shape index (κ2) is 4.37. The molecule has 20 heavy (non-hydrogen) atoms. The molecule has 7 heteroatoms. The summed E-state index contributed by atoms with van der Waals surface area (Å²) >= 11 is 0. The number of amides is 2. The quantitative estimate of drug-likeness (QED) is 0.747. The molecule has 0 saturated carbocycles. The zero-order chi connectivity index (χ0) is 14.3. The number of benzene rings is 1. The molecule has 0 fully saturated rings. The Hall–Kier alpha value is -2.83. The van der Waals surface area contributed by atoms with Crippen molar-refractivity contribution in [2.45, 2.75) is 0 Å². The van der Waals surface area contributed by atoms with Crippen LogP contribution in [-0.2, 0) is 0 Å². The van der Waals surface area contributed by atoms with Crippen LogP contribution < -0.4 is 20.9 Å². The third kappa shape index (κ3) is 1.56. The van der Waals surface area contributed by atoms with Gasteiger partial charge >= 0.3 is 0 Å². The number of hydrogen-bond donors (Lipinski definition) is 3. The summed E-state index contributed by atoms with van der Waals surface area (Å²) in [5, 5.41) is 3.12. The van der Waals surface area contributed by atoms with Crippen LogP contribution in [0.2, 0.25) is 0 Å². The third-order valence-electron chi connectivity index (χ3n) is 3.22. The highest BCUT2D eigenvalue weighted by atomic mass is 16.5. The van der Waals surface area contributed by atoms with Crippen molar-refractivity contribution in [1.82, 2.24) is 15.7 Å². The fraction of sp³-hybridized carbons (Fsp3) is 0.154. The lowest BCUT2D eigenvalue weighted by Gasteiger charge is -2.22. The summed E-state index contributed by atoms with van der Waals surface area (Å²) in [6.45, 7) is 0. The third-order valence-corrected chi connectivity index (χ3v) is 3.22. The molecule has 3 rings (SSSR count). The van der Waals surface area contributed by atoms with E-state index in [2.05, 4.69) is 21.2 Å². The van der Waals surface area contributed by atoms with Gasteiger partial charge in [0.25, 0.3) is 11.8 Å². The van der Waals surface area contributed by atoms with E-state index in [1.54, 1.807) is 12.1 Å². The molecule has 2 amide bonds. The zero-order valence-electron chi connectivity index (χ0n) is 10.9. The Bertz CT molecular complexity index is 742. The van der Waals surface area contributed by atoms with Crippen molar-refractivity contribution in [1.29, 1.82) is 0 Å². The second-order valence-electron chi connectivity index (χ2n) is 4.24. The van der Waals surface area contributed by atoms with E-state index in [9.17, 15) is 9.59 Å². The maximum absolute atomic E-state index is 11.9. The van der Waals surface area contributed by atoms with E-state index < -0.39 is 0 Å². The SMILES string of the molecule is CNC(=O)c1cnc2c(OC)ccc3c2c1NNC3=O. The average Bonchev–Trinajstić information content (AvgIpc) is 2.49. The van der Waals surface area contributed by atoms with Crippen LogP contribution in [0.5, 0.6) is 5.75 Å². The van der Waals surface area contributed by atoms with E-state index in [4.69, 9.17) is 4.74 Å². The molecule has 0 bridgehead atoms. The van der Waals surface area contributed by atoms with Crippen molar-refractivity contribution < 1.29 is 14.3 Å². The summed E-state index contributed by atoms with van der Waals surface area (Å²) in [6.07, 6.45) is 1.45. The zero-order valence-corrected chi connectivity index (χ0v) is 10.9. The maximum atomic E-state index is 11.9. The molecule has 102 valence electrons. The summed E-state index contributed by atoms with van der Waals surface area (Å²) in [4.78, 5) is 28.0. The standard InChI is InChI=1S/C13H12N4O3/c1-14-12(18)7-5-15-11-8(20-2)4-3-6-9(11)10(7)16-17-13(6)19/h3-5,16H,1-2H3,(H,14,18)(H,17,19). The fourth-order valence-electron chi connectivity index (χ4n) is 2.26. The molecule has 2 aromatic rings. The molecule has 1 aromatic heterocycles. The number of nitrogens with zero attached hydrogens (tertiary/aromatic N) is 1. The molecule has 0 atom stereocenters. The number of hydrogen-bond acceptors (Lipinski definition) is 5. The van der Waals surface area contributed by atoms with Crippen molar-refractivity contribution in [3.05, 3.63) is 29.5 Å². The Kier molecular flexibility index (Phi) is 2.67. The minimum absolute atomic E-state index is 0.277. The Morgan fingerprint density at radius 3 is 2.85 bits per heavy atom. The van der Waals surface area contributed by atoms with Crippen LogP contribution in [0.4, 0.5) is 5.69 Å². The monoisotopic (exact) mass is 272 g/mol. The first-order chi connectivity index (χ1) is 9.67. The van der Waals surface area contributed by atoms with Gasteiger partial charge in [-0.1, -0.05) is 0 Å². The predicted molar refractivity (Wildman–Crippen MR) is 72.8 cm³/mol. The highest BCUT2D eigenvalue weighted by molar-refractivity contribution is 6.18. The highest BCUT2D eigenvalue weighted by Gasteiger charge is 2.25. The number of pyridine rings is 1. The fourth-order valence-corrected chi connectivity index (χ4v) is 2.26. The molecule has 7 nitrogen and oxygen atoms in total. The van der Waals surface area contributed by atoms with E-state index in [1.807, 2.05) is 0 Å². The Balaban J connectivity index is 2.41. The van der Waals surface area contributed by atoms with Crippen molar-refractivity contribution >= 4 is 28.4 Å². The van der Waals surface area contributed by atoms with E-state index in [1.165, 1.54) is 20.4 Å². The van der Waals surface area contributed by atoms with Gasteiger partial charge in [-0.25, -0.2) is 0 Å². The number of anilines is 1. The van der Waals surface area contributed by atoms with Crippen LogP contribution in [0.15, 0.2) is 18.3 Å². The van der Waals surface area contributed by atoms with Gasteiger partial charge in [-0.15, -0.1) is 0 Å². The normalized spacial score (nSPS) is 12.6.